The van der Waals surface area contributed by atoms with Crippen LogP contribution in [-0.2, 0) is 0 Å². The molecule has 1 heterocycles. The van der Waals surface area contributed by atoms with Gasteiger partial charge in [0.15, 0.2) is 0 Å². The fourth-order valence-corrected chi connectivity index (χ4v) is 1.70. The predicted molar refractivity (Wildman–Crippen MR) is 69.9 cm³/mol. The largest absolute Gasteiger partial charge is 0.495 e. The second-order valence-electron chi connectivity index (χ2n) is 4.04. The van der Waals surface area contributed by atoms with Gasteiger partial charge in [0, 0.05) is 23.6 Å². The highest BCUT2D eigenvalue weighted by Gasteiger charge is 2.07. The van der Waals surface area contributed by atoms with Gasteiger partial charge in [-0.3, -0.25) is 4.98 Å². The normalized spacial score (nSPS) is 10.2. The van der Waals surface area contributed by atoms with Crippen LogP contribution in [0.3, 0.4) is 0 Å². The van der Waals surface area contributed by atoms with Crippen LogP contribution in [0, 0.1) is 19.7 Å². The Labute approximate surface area is 106 Å². The molecule has 0 amide bonds. The van der Waals surface area contributed by atoms with Gasteiger partial charge in [0.2, 0.25) is 0 Å². The minimum atomic E-state index is -0.304. The topological polar surface area (TPSA) is 34.1 Å². The SMILES string of the molecule is COc1ccc(F)cc1Nc1ccnc(C)c1C. The molecule has 0 atom stereocenters. The van der Waals surface area contributed by atoms with Gasteiger partial charge < -0.3 is 10.1 Å². The zero-order valence-corrected chi connectivity index (χ0v) is 10.6. The number of halogens is 1. The molecule has 2 rings (SSSR count). The molecule has 3 nitrogen and oxygen atoms in total. The Balaban J connectivity index is 2.39. The highest BCUT2D eigenvalue weighted by molar-refractivity contribution is 5.68. The van der Waals surface area contributed by atoms with Gasteiger partial charge in [-0.15, -0.1) is 0 Å². The van der Waals surface area contributed by atoms with Gasteiger partial charge in [-0.25, -0.2) is 4.39 Å². The number of aryl methyl sites for hydroxylation is 1. The number of benzene rings is 1. The van der Waals surface area contributed by atoms with Gasteiger partial charge >= 0.3 is 0 Å². The van der Waals surface area contributed by atoms with Crippen LogP contribution in [0.25, 0.3) is 0 Å². The molecule has 1 aromatic heterocycles. The summed E-state index contributed by atoms with van der Waals surface area (Å²) in [5.74, 6) is 0.298. The average molecular weight is 246 g/mol. The van der Waals surface area contributed by atoms with Crippen LogP contribution in [0.1, 0.15) is 11.3 Å². The first-order valence-corrected chi connectivity index (χ1v) is 5.64. The van der Waals surface area contributed by atoms with Gasteiger partial charge in [-0.2, -0.15) is 0 Å². The summed E-state index contributed by atoms with van der Waals surface area (Å²) in [6, 6.07) is 6.23. The summed E-state index contributed by atoms with van der Waals surface area (Å²) in [6.45, 7) is 3.90. The van der Waals surface area contributed by atoms with Crippen LogP contribution < -0.4 is 10.1 Å². The molecule has 18 heavy (non-hydrogen) atoms. The van der Waals surface area contributed by atoms with Crippen molar-refractivity contribution in [1.82, 2.24) is 4.98 Å². The molecule has 0 bridgehead atoms. The summed E-state index contributed by atoms with van der Waals surface area (Å²) in [7, 11) is 1.56. The van der Waals surface area contributed by atoms with E-state index < -0.39 is 0 Å². The smallest absolute Gasteiger partial charge is 0.142 e. The Morgan fingerprint density at radius 2 is 1.94 bits per heavy atom. The maximum atomic E-state index is 13.3. The quantitative estimate of drug-likeness (QED) is 0.898. The zero-order valence-electron chi connectivity index (χ0n) is 10.6. The summed E-state index contributed by atoms with van der Waals surface area (Å²) in [6.07, 6.45) is 1.72. The third-order valence-electron chi connectivity index (χ3n) is 2.89. The Kier molecular flexibility index (Phi) is 3.46. The molecule has 0 aliphatic heterocycles. The Morgan fingerprint density at radius 3 is 2.67 bits per heavy atom. The van der Waals surface area contributed by atoms with E-state index in [1.165, 1.54) is 12.1 Å². The number of pyridine rings is 1. The van der Waals surface area contributed by atoms with E-state index in [9.17, 15) is 4.39 Å². The molecule has 0 aliphatic carbocycles. The lowest BCUT2D eigenvalue weighted by atomic mass is 10.2. The molecule has 0 aliphatic rings. The second kappa shape index (κ2) is 5.04. The lowest BCUT2D eigenvalue weighted by Gasteiger charge is -2.13. The molecule has 1 N–H and O–H groups in total. The standard InChI is InChI=1S/C14H15FN2O/c1-9-10(2)16-7-6-12(9)17-13-8-11(15)4-5-14(13)18-3/h4-8H,1-3H3,(H,16,17). The molecule has 0 saturated heterocycles. The van der Waals surface area contributed by atoms with Crippen molar-refractivity contribution in [1.29, 1.82) is 0 Å². The van der Waals surface area contributed by atoms with E-state index in [4.69, 9.17) is 4.74 Å². The van der Waals surface area contributed by atoms with Crippen molar-refractivity contribution in [3.8, 4) is 5.75 Å². The molecule has 4 heteroatoms. The summed E-state index contributed by atoms with van der Waals surface area (Å²) < 4.78 is 18.5. The van der Waals surface area contributed by atoms with Crippen molar-refractivity contribution in [3.63, 3.8) is 0 Å². The van der Waals surface area contributed by atoms with Crippen LogP contribution in [0.15, 0.2) is 30.5 Å². The highest BCUT2D eigenvalue weighted by atomic mass is 19.1. The number of hydrogen-bond donors (Lipinski definition) is 1. The van der Waals surface area contributed by atoms with Crippen molar-refractivity contribution in [2.45, 2.75) is 13.8 Å². The van der Waals surface area contributed by atoms with E-state index in [-0.39, 0.29) is 5.82 Å². The average Bonchev–Trinajstić information content (AvgIpc) is 2.35. The number of nitrogens with zero attached hydrogens (tertiary/aromatic N) is 1. The number of ether oxygens (including phenoxy) is 1. The minimum Gasteiger partial charge on any atom is -0.495 e. The summed E-state index contributed by atoms with van der Waals surface area (Å²) in [5.41, 5.74) is 3.47. The van der Waals surface area contributed by atoms with Gasteiger partial charge in [0.1, 0.15) is 11.6 Å². The fourth-order valence-electron chi connectivity index (χ4n) is 1.70. The molecule has 1 aromatic carbocycles. The third kappa shape index (κ3) is 2.42. The van der Waals surface area contributed by atoms with Crippen LogP contribution >= 0.6 is 0 Å². The van der Waals surface area contributed by atoms with E-state index in [0.29, 0.717) is 11.4 Å². The van der Waals surface area contributed by atoms with Gasteiger partial charge in [0.05, 0.1) is 12.8 Å². The molecule has 2 aromatic rings. The van der Waals surface area contributed by atoms with E-state index in [1.54, 1.807) is 19.4 Å². The number of methoxy groups -OCH3 is 1. The first-order valence-electron chi connectivity index (χ1n) is 5.64. The summed E-state index contributed by atoms with van der Waals surface area (Å²) in [5, 5.41) is 3.17. The first-order chi connectivity index (χ1) is 8.61. The highest BCUT2D eigenvalue weighted by Crippen LogP contribution is 2.29. The number of nitrogens with one attached hydrogen (secondary N) is 1. The van der Waals surface area contributed by atoms with Crippen LogP contribution in [-0.4, -0.2) is 12.1 Å². The van der Waals surface area contributed by atoms with Crippen LogP contribution in [0.4, 0.5) is 15.8 Å². The second-order valence-corrected chi connectivity index (χ2v) is 4.04. The maximum absolute atomic E-state index is 13.3. The van der Waals surface area contributed by atoms with Crippen LogP contribution in [0.2, 0.25) is 0 Å². The zero-order chi connectivity index (χ0) is 13.1. The van der Waals surface area contributed by atoms with Crippen molar-refractivity contribution in [3.05, 3.63) is 47.5 Å². The Morgan fingerprint density at radius 1 is 1.17 bits per heavy atom. The molecule has 94 valence electrons. The van der Waals surface area contributed by atoms with E-state index in [2.05, 4.69) is 10.3 Å². The van der Waals surface area contributed by atoms with E-state index >= 15 is 0 Å². The van der Waals surface area contributed by atoms with E-state index in [0.717, 1.165) is 16.9 Å². The van der Waals surface area contributed by atoms with Crippen molar-refractivity contribution in [2.24, 2.45) is 0 Å². The Bertz CT molecular complexity index is 570. The number of hydrogen-bond acceptors (Lipinski definition) is 3. The molecule has 0 unspecified atom stereocenters. The molecule has 0 saturated carbocycles. The van der Waals surface area contributed by atoms with Crippen molar-refractivity contribution < 1.29 is 9.13 Å². The summed E-state index contributed by atoms with van der Waals surface area (Å²) >= 11 is 0. The Hall–Kier alpha value is -2.10. The van der Waals surface area contributed by atoms with Crippen molar-refractivity contribution >= 4 is 11.4 Å². The molecular weight excluding hydrogens is 231 g/mol. The lowest BCUT2D eigenvalue weighted by molar-refractivity contribution is 0.416. The number of aromatic nitrogens is 1. The third-order valence-corrected chi connectivity index (χ3v) is 2.89. The summed E-state index contributed by atoms with van der Waals surface area (Å²) in [4.78, 5) is 4.20. The van der Waals surface area contributed by atoms with Crippen molar-refractivity contribution in [2.75, 3.05) is 12.4 Å². The monoisotopic (exact) mass is 246 g/mol. The molecular formula is C14H15FN2O. The number of anilines is 2. The maximum Gasteiger partial charge on any atom is 0.142 e. The first kappa shape index (κ1) is 12.4. The molecule has 0 fully saturated rings. The fraction of sp³-hybridized carbons (Fsp3) is 0.214. The van der Waals surface area contributed by atoms with Gasteiger partial charge in [0.25, 0.3) is 0 Å². The number of rotatable bonds is 3. The van der Waals surface area contributed by atoms with Gasteiger partial charge in [-0.1, -0.05) is 0 Å². The van der Waals surface area contributed by atoms with Crippen LogP contribution in [0.5, 0.6) is 5.75 Å². The lowest BCUT2D eigenvalue weighted by Crippen LogP contribution is -1.99. The predicted octanol–water partition coefficient (Wildman–Crippen LogP) is 3.59. The van der Waals surface area contributed by atoms with E-state index in [1.807, 2.05) is 19.9 Å². The minimum absolute atomic E-state index is 0.304. The molecule has 0 radical (unpaired) electrons. The molecule has 0 spiro atoms. The van der Waals surface area contributed by atoms with Gasteiger partial charge in [-0.05, 0) is 37.6 Å².